The first-order valence-electron chi connectivity index (χ1n) is 9.94. The van der Waals surface area contributed by atoms with Gasteiger partial charge in [-0.05, 0) is 20.8 Å². The number of amides is 6. The Morgan fingerprint density at radius 2 is 1.24 bits per heavy atom. The lowest BCUT2D eigenvalue weighted by atomic mass is 10.2. The molecule has 0 fully saturated rings. The molecule has 0 bridgehead atoms. The number of hydrogen-bond donors (Lipinski definition) is 6. The summed E-state index contributed by atoms with van der Waals surface area (Å²) in [5.74, 6) is -0.418. The maximum absolute atomic E-state index is 11.7. The molecule has 0 saturated carbocycles. The van der Waals surface area contributed by atoms with Crippen molar-refractivity contribution in [2.45, 2.75) is 26.4 Å². The van der Waals surface area contributed by atoms with E-state index in [2.05, 4.69) is 42.1 Å². The quantitative estimate of drug-likeness (QED) is 0.0907. The van der Waals surface area contributed by atoms with Gasteiger partial charge in [0, 0.05) is 13.1 Å². The summed E-state index contributed by atoms with van der Waals surface area (Å²) in [5, 5.41) is 11.5. The smallest absolute Gasteiger partial charge is 0.431 e. The molecule has 34 heavy (non-hydrogen) atoms. The molecule has 0 spiro atoms. The van der Waals surface area contributed by atoms with Crippen molar-refractivity contribution in [3.8, 4) is 12.3 Å². The molecule has 0 aromatic carbocycles. The molecule has 0 rings (SSSR count). The van der Waals surface area contributed by atoms with Gasteiger partial charge in [0.15, 0.2) is 13.2 Å². The van der Waals surface area contributed by atoms with Crippen LogP contribution in [0.15, 0.2) is 0 Å². The Morgan fingerprint density at radius 1 is 0.735 bits per heavy atom. The minimum atomic E-state index is -0.879. The van der Waals surface area contributed by atoms with E-state index in [1.54, 1.807) is 20.8 Å². The molecule has 0 aliphatic carbocycles. The van der Waals surface area contributed by atoms with Crippen LogP contribution in [0.2, 0.25) is 0 Å². The van der Waals surface area contributed by atoms with E-state index in [0.29, 0.717) is 0 Å². The van der Waals surface area contributed by atoms with Gasteiger partial charge in [0.05, 0.1) is 19.6 Å². The molecule has 6 amide bonds. The van der Waals surface area contributed by atoms with E-state index in [9.17, 15) is 28.8 Å². The van der Waals surface area contributed by atoms with Crippen LogP contribution in [0, 0.1) is 12.3 Å². The van der Waals surface area contributed by atoms with Gasteiger partial charge in [-0.2, -0.15) is 5.48 Å². The van der Waals surface area contributed by atoms with Gasteiger partial charge in [-0.15, -0.1) is 6.42 Å². The number of carbonyl (C=O) groups is 6. The van der Waals surface area contributed by atoms with Gasteiger partial charge in [-0.3, -0.25) is 24.0 Å². The van der Waals surface area contributed by atoms with E-state index in [-0.39, 0.29) is 26.2 Å². The number of nitrogens with one attached hydrogen (secondary N) is 6. The molecular weight excluding hydrogens is 456 g/mol. The molecule has 0 atom stereocenters. The second-order valence-electron chi connectivity index (χ2n) is 7.28. The Labute approximate surface area is 196 Å². The number of rotatable bonds is 13. The first-order valence-corrected chi connectivity index (χ1v) is 9.94. The van der Waals surface area contributed by atoms with Gasteiger partial charge < -0.3 is 36.1 Å². The lowest BCUT2D eigenvalue weighted by Crippen LogP contribution is -2.45. The van der Waals surface area contributed by atoms with Crippen molar-refractivity contribution in [3.63, 3.8) is 0 Å². The third-order valence-electron chi connectivity index (χ3n) is 3.10. The van der Waals surface area contributed by atoms with Gasteiger partial charge in [0.25, 0.3) is 0 Å². The fourth-order valence-electron chi connectivity index (χ4n) is 1.76. The predicted molar refractivity (Wildman–Crippen MR) is 116 cm³/mol. The summed E-state index contributed by atoms with van der Waals surface area (Å²) in [4.78, 5) is 73.5. The highest BCUT2D eigenvalue weighted by Gasteiger charge is 2.16. The molecular formula is C19H30N6O9. The lowest BCUT2D eigenvalue weighted by molar-refractivity contribution is -0.131. The fraction of sp³-hybridized carbons (Fsp3) is 0.579. The summed E-state index contributed by atoms with van der Waals surface area (Å²) in [6.07, 6.45) is 3.32. The second kappa shape index (κ2) is 16.6. The molecule has 0 unspecified atom stereocenters. The summed E-state index contributed by atoms with van der Waals surface area (Å²) in [6.45, 7) is 3.17. The molecule has 0 aromatic rings. The van der Waals surface area contributed by atoms with Gasteiger partial charge in [-0.1, -0.05) is 5.92 Å². The minimum Gasteiger partial charge on any atom is -0.442 e. The third kappa shape index (κ3) is 18.7. The van der Waals surface area contributed by atoms with Gasteiger partial charge >= 0.3 is 12.2 Å². The zero-order valence-electron chi connectivity index (χ0n) is 19.2. The summed E-state index contributed by atoms with van der Waals surface area (Å²) < 4.78 is 9.45. The largest absolute Gasteiger partial charge is 0.442 e. The first-order chi connectivity index (χ1) is 15.9. The molecule has 0 aromatic heterocycles. The van der Waals surface area contributed by atoms with E-state index in [1.807, 2.05) is 5.48 Å². The highest BCUT2D eigenvalue weighted by Crippen LogP contribution is 2.06. The Hall–Kier alpha value is -4.06. The lowest BCUT2D eigenvalue weighted by Gasteiger charge is -2.19. The summed E-state index contributed by atoms with van der Waals surface area (Å²) in [6, 6.07) is 0. The molecule has 0 aliphatic rings. The minimum absolute atomic E-state index is 0.0903. The standard InChI is InChI=1S/C19H30N6O9/c1-5-8-32-17(30)21-7-6-20-13(26)9-22-14(27)10-23-15(28)11-24-16(29)12-33-25-18(31)34-19(2,3)4/h1H,6-12H2,2-4H3,(H,20,26)(H,21,30)(H,22,27)(H,23,28)(H,24,29)(H,25,31). The van der Waals surface area contributed by atoms with Crippen molar-refractivity contribution >= 4 is 35.8 Å². The monoisotopic (exact) mass is 486 g/mol. The van der Waals surface area contributed by atoms with Crippen LogP contribution in [-0.4, -0.2) is 87.4 Å². The molecule has 15 nitrogen and oxygen atoms in total. The highest BCUT2D eigenvalue weighted by molar-refractivity contribution is 5.90. The van der Waals surface area contributed by atoms with Crippen molar-refractivity contribution in [2.75, 3.05) is 45.9 Å². The van der Waals surface area contributed by atoms with Crippen LogP contribution in [0.25, 0.3) is 0 Å². The Kier molecular flexibility index (Phi) is 14.6. The number of ether oxygens (including phenoxy) is 2. The number of carbonyl (C=O) groups excluding carboxylic acids is 6. The third-order valence-corrected chi connectivity index (χ3v) is 3.10. The normalized spacial score (nSPS) is 10.1. The topological polar surface area (TPSA) is 202 Å². The van der Waals surface area contributed by atoms with Crippen LogP contribution in [0.1, 0.15) is 20.8 Å². The van der Waals surface area contributed by atoms with Crippen LogP contribution >= 0.6 is 0 Å². The van der Waals surface area contributed by atoms with E-state index in [4.69, 9.17) is 11.2 Å². The second-order valence-corrected chi connectivity index (χ2v) is 7.28. The Balaban J connectivity index is 3.83. The Bertz CT molecular complexity index is 773. The molecule has 0 radical (unpaired) electrons. The highest BCUT2D eigenvalue weighted by atomic mass is 16.7. The van der Waals surface area contributed by atoms with Crippen LogP contribution in [0.4, 0.5) is 9.59 Å². The van der Waals surface area contributed by atoms with Crippen LogP contribution in [0.3, 0.4) is 0 Å². The van der Waals surface area contributed by atoms with Crippen molar-refractivity contribution in [1.29, 1.82) is 0 Å². The number of hydrogen-bond acceptors (Lipinski definition) is 9. The number of alkyl carbamates (subject to hydrolysis) is 1. The number of hydroxylamine groups is 1. The van der Waals surface area contributed by atoms with E-state index in [0.717, 1.165) is 0 Å². The predicted octanol–water partition coefficient (Wildman–Crippen LogP) is -2.73. The van der Waals surface area contributed by atoms with E-state index in [1.165, 1.54) is 0 Å². The van der Waals surface area contributed by atoms with Crippen LogP contribution < -0.4 is 32.1 Å². The van der Waals surface area contributed by atoms with Crippen molar-refractivity contribution in [3.05, 3.63) is 0 Å². The molecule has 0 aliphatic heterocycles. The van der Waals surface area contributed by atoms with Crippen molar-refractivity contribution in [2.24, 2.45) is 0 Å². The molecule has 0 saturated heterocycles. The van der Waals surface area contributed by atoms with Crippen LogP contribution in [0.5, 0.6) is 0 Å². The molecule has 6 N–H and O–H groups in total. The van der Waals surface area contributed by atoms with Gasteiger partial charge in [-0.25, -0.2) is 9.59 Å². The van der Waals surface area contributed by atoms with Crippen molar-refractivity contribution < 1.29 is 43.1 Å². The fourth-order valence-corrected chi connectivity index (χ4v) is 1.76. The first kappa shape index (κ1) is 29.9. The number of terminal acetylenes is 1. The average molecular weight is 486 g/mol. The van der Waals surface area contributed by atoms with E-state index < -0.39 is 61.1 Å². The molecule has 0 heterocycles. The zero-order valence-corrected chi connectivity index (χ0v) is 19.2. The Morgan fingerprint density at radius 3 is 1.76 bits per heavy atom. The zero-order chi connectivity index (χ0) is 26.0. The maximum Gasteiger partial charge on any atom is 0.431 e. The molecule has 190 valence electrons. The van der Waals surface area contributed by atoms with Crippen molar-refractivity contribution in [1.82, 2.24) is 32.1 Å². The summed E-state index contributed by atoms with van der Waals surface area (Å²) in [5.41, 5.74) is 1.18. The maximum atomic E-state index is 11.7. The van der Waals surface area contributed by atoms with Crippen LogP contribution in [-0.2, 0) is 33.5 Å². The van der Waals surface area contributed by atoms with E-state index >= 15 is 0 Å². The SMILES string of the molecule is C#CCOC(=O)NCCNC(=O)CNC(=O)CNC(=O)CNC(=O)CONC(=O)OC(C)(C)C. The average Bonchev–Trinajstić information content (AvgIpc) is 2.75. The van der Waals surface area contributed by atoms with Gasteiger partial charge in [0.2, 0.25) is 23.6 Å². The molecule has 15 heteroatoms. The summed E-state index contributed by atoms with van der Waals surface area (Å²) in [7, 11) is 0. The van der Waals surface area contributed by atoms with Gasteiger partial charge in [0.1, 0.15) is 5.60 Å². The summed E-state index contributed by atoms with van der Waals surface area (Å²) >= 11 is 0.